The molecule has 0 aliphatic rings. The molecule has 0 saturated heterocycles. The normalized spacial score (nSPS) is 10.0. The van der Waals surface area contributed by atoms with Crippen LogP contribution in [0.3, 0.4) is 0 Å². The van der Waals surface area contributed by atoms with Gasteiger partial charge in [0, 0.05) is 22.6 Å². The molecule has 0 aromatic heterocycles. The summed E-state index contributed by atoms with van der Waals surface area (Å²) in [5.74, 6) is -0.472. The second-order valence-corrected chi connectivity index (χ2v) is 5.66. The van der Waals surface area contributed by atoms with E-state index in [9.17, 15) is 9.59 Å². The van der Waals surface area contributed by atoms with E-state index in [4.69, 9.17) is 11.6 Å². The quantitative estimate of drug-likeness (QED) is 0.849. The van der Waals surface area contributed by atoms with Gasteiger partial charge in [0.2, 0.25) is 5.91 Å². The number of halogens is 2. The summed E-state index contributed by atoms with van der Waals surface area (Å²) < 4.78 is 0.813. The lowest BCUT2D eigenvalue weighted by molar-refractivity contribution is -0.114. The third kappa shape index (κ3) is 4.31. The van der Waals surface area contributed by atoms with E-state index in [1.165, 1.54) is 6.92 Å². The van der Waals surface area contributed by atoms with Gasteiger partial charge < -0.3 is 10.6 Å². The van der Waals surface area contributed by atoms with E-state index in [1.54, 1.807) is 36.4 Å². The first-order valence-corrected chi connectivity index (χ1v) is 7.27. The van der Waals surface area contributed by atoms with Crippen molar-refractivity contribution in [1.29, 1.82) is 0 Å². The fourth-order valence-corrected chi connectivity index (χ4v) is 2.29. The van der Waals surface area contributed by atoms with Crippen LogP contribution in [0.25, 0.3) is 0 Å². The second-order valence-electron chi connectivity index (χ2n) is 4.34. The maximum absolute atomic E-state index is 12.2. The van der Waals surface area contributed by atoms with Crippen molar-refractivity contribution >= 4 is 50.7 Å². The number of carbonyl (C=O) groups is 2. The lowest BCUT2D eigenvalue weighted by atomic mass is 10.2. The molecule has 0 unspecified atom stereocenters. The van der Waals surface area contributed by atoms with Crippen LogP contribution in [0.2, 0.25) is 5.02 Å². The Morgan fingerprint density at radius 1 is 1.10 bits per heavy atom. The fourth-order valence-electron chi connectivity index (χ4n) is 1.73. The zero-order valence-electron chi connectivity index (χ0n) is 11.1. The van der Waals surface area contributed by atoms with E-state index in [0.717, 1.165) is 4.47 Å². The number of hydrogen-bond donors (Lipinski definition) is 2. The van der Waals surface area contributed by atoms with Gasteiger partial charge in [0.15, 0.2) is 0 Å². The molecule has 0 saturated carbocycles. The lowest BCUT2D eigenvalue weighted by Crippen LogP contribution is -2.13. The van der Waals surface area contributed by atoms with E-state index < -0.39 is 0 Å². The highest BCUT2D eigenvalue weighted by Crippen LogP contribution is 2.26. The Labute approximate surface area is 135 Å². The number of hydrogen-bond acceptors (Lipinski definition) is 2. The molecular weight excluding hydrogens is 356 g/mol. The van der Waals surface area contributed by atoms with Gasteiger partial charge in [-0.15, -0.1) is 0 Å². The molecule has 0 radical (unpaired) electrons. The smallest absolute Gasteiger partial charge is 0.255 e. The SMILES string of the molecule is CC(=O)Nc1ccc(Cl)c(NC(=O)c2cccc(Br)c2)c1. The molecule has 0 spiro atoms. The molecule has 0 aliphatic carbocycles. The Bertz CT molecular complexity index is 704. The van der Waals surface area contributed by atoms with Crippen LogP contribution < -0.4 is 10.6 Å². The topological polar surface area (TPSA) is 58.2 Å². The lowest BCUT2D eigenvalue weighted by Gasteiger charge is -2.10. The molecular formula is C15H12BrClN2O2. The van der Waals surface area contributed by atoms with Crippen molar-refractivity contribution in [1.82, 2.24) is 0 Å². The highest BCUT2D eigenvalue weighted by molar-refractivity contribution is 9.10. The summed E-state index contributed by atoms with van der Waals surface area (Å²) in [5, 5.41) is 5.76. The molecule has 2 aromatic rings. The van der Waals surface area contributed by atoms with Crippen LogP contribution in [0.1, 0.15) is 17.3 Å². The molecule has 6 heteroatoms. The molecule has 0 fully saturated rings. The fraction of sp³-hybridized carbons (Fsp3) is 0.0667. The first-order chi connectivity index (χ1) is 9.95. The van der Waals surface area contributed by atoms with Crippen LogP contribution in [0.15, 0.2) is 46.9 Å². The summed E-state index contributed by atoms with van der Waals surface area (Å²) in [6.45, 7) is 1.41. The largest absolute Gasteiger partial charge is 0.326 e. The molecule has 2 N–H and O–H groups in total. The minimum atomic E-state index is -0.279. The van der Waals surface area contributed by atoms with Gasteiger partial charge in [-0.05, 0) is 36.4 Å². The van der Waals surface area contributed by atoms with Crippen molar-refractivity contribution in [2.45, 2.75) is 6.92 Å². The standard InChI is InChI=1S/C15H12BrClN2O2/c1-9(20)18-12-5-6-13(17)14(8-12)19-15(21)10-3-2-4-11(16)7-10/h2-8H,1H3,(H,18,20)(H,19,21). The van der Waals surface area contributed by atoms with Crippen molar-refractivity contribution in [3.8, 4) is 0 Å². The van der Waals surface area contributed by atoms with Gasteiger partial charge in [0.25, 0.3) is 5.91 Å². The number of nitrogens with one attached hydrogen (secondary N) is 2. The Kier molecular flexibility index (Phi) is 4.98. The molecule has 4 nitrogen and oxygen atoms in total. The van der Waals surface area contributed by atoms with Crippen LogP contribution >= 0.6 is 27.5 Å². The number of amides is 2. The highest BCUT2D eigenvalue weighted by atomic mass is 79.9. The Morgan fingerprint density at radius 3 is 2.52 bits per heavy atom. The summed E-state index contributed by atoms with van der Waals surface area (Å²) in [4.78, 5) is 23.2. The number of rotatable bonds is 3. The predicted molar refractivity (Wildman–Crippen MR) is 87.9 cm³/mol. The zero-order chi connectivity index (χ0) is 15.4. The average molecular weight is 368 g/mol. The number of carbonyl (C=O) groups excluding carboxylic acids is 2. The van der Waals surface area contributed by atoms with Crippen molar-refractivity contribution in [3.63, 3.8) is 0 Å². The van der Waals surface area contributed by atoms with Crippen LogP contribution in [0.5, 0.6) is 0 Å². The van der Waals surface area contributed by atoms with E-state index in [1.807, 2.05) is 6.07 Å². The van der Waals surface area contributed by atoms with Crippen molar-refractivity contribution in [2.24, 2.45) is 0 Å². The molecule has 0 heterocycles. The Hall–Kier alpha value is -1.85. The van der Waals surface area contributed by atoms with Crippen LogP contribution in [-0.2, 0) is 4.79 Å². The van der Waals surface area contributed by atoms with Gasteiger partial charge >= 0.3 is 0 Å². The zero-order valence-corrected chi connectivity index (χ0v) is 13.5. The van der Waals surface area contributed by atoms with E-state index in [-0.39, 0.29) is 11.8 Å². The van der Waals surface area contributed by atoms with E-state index in [0.29, 0.717) is 22.0 Å². The predicted octanol–water partition coefficient (Wildman–Crippen LogP) is 4.31. The third-order valence-corrected chi connectivity index (χ3v) is 3.44. The Morgan fingerprint density at radius 2 is 1.86 bits per heavy atom. The molecule has 0 aliphatic heterocycles. The van der Waals surface area contributed by atoms with Crippen LogP contribution in [0, 0.1) is 0 Å². The van der Waals surface area contributed by atoms with Crippen LogP contribution in [-0.4, -0.2) is 11.8 Å². The minimum Gasteiger partial charge on any atom is -0.326 e. The average Bonchev–Trinajstić information content (AvgIpc) is 2.42. The van der Waals surface area contributed by atoms with Gasteiger partial charge in [0.1, 0.15) is 0 Å². The van der Waals surface area contributed by atoms with Gasteiger partial charge in [0.05, 0.1) is 10.7 Å². The van der Waals surface area contributed by atoms with Gasteiger partial charge in [-0.25, -0.2) is 0 Å². The van der Waals surface area contributed by atoms with Crippen molar-refractivity contribution < 1.29 is 9.59 Å². The summed E-state index contributed by atoms with van der Waals surface area (Å²) in [6, 6.07) is 11.9. The molecule has 21 heavy (non-hydrogen) atoms. The minimum absolute atomic E-state index is 0.193. The second kappa shape index (κ2) is 6.74. The van der Waals surface area contributed by atoms with E-state index in [2.05, 4.69) is 26.6 Å². The summed E-state index contributed by atoms with van der Waals surface area (Å²) in [7, 11) is 0. The number of benzene rings is 2. The molecule has 0 bridgehead atoms. The highest BCUT2D eigenvalue weighted by Gasteiger charge is 2.10. The van der Waals surface area contributed by atoms with Crippen LogP contribution in [0.4, 0.5) is 11.4 Å². The molecule has 2 aromatic carbocycles. The molecule has 2 rings (SSSR count). The first-order valence-electron chi connectivity index (χ1n) is 6.10. The number of anilines is 2. The van der Waals surface area contributed by atoms with E-state index >= 15 is 0 Å². The van der Waals surface area contributed by atoms with Gasteiger partial charge in [-0.2, -0.15) is 0 Å². The van der Waals surface area contributed by atoms with Crippen molar-refractivity contribution in [2.75, 3.05) is 10.6 Å². The third-order valence-electron chi connectivity index (χ3n) is 2.62. The Balaban J connectivity index is 2.22. The first kappa shape index (κ1) is 15.5. The monoisotopic (exact) mass is 366 g/mol. The van der Waals surface area contributed by atoms with Gasteiger partial charge in [-0.3, -0.25) is 9.59 Å². The summed E-state index contributed by atoms with van der Waals surface area (Å²) in [5.41, 5.74) is 1.51. The molecule has 108 valence electrons. The maximum Gasteiger partial charge on any atom is 0.255 e. The van der Waals surface area contributed by atoms with Gasteiger partial charge in [-0.1, -0.05) is 33.6 Å². The summed E-state index contributed by atoms with van der Waals surface area (Å²) >= 11 is 9.37. The summed E-state index contributed by atoms with van der Waals surface area (Å²) in [6.07, 6.45) is 0. The van der Waals surface area contributed by atoms with Crippen molar-refractivity contribution in [3.05, 3.63) is 57.5 Å². The molecule has 0 atom stereocenters. The molecule has 2 amide bonds. The maximum atomic E-state index is 12.2.